The highest BCUT2D eigenvalue weighted by Gasteiger charge is 2.34. The molecule has 0 fully saturated rings. The third kappa shape index (κ3) is 4.48. The average Bonchev–Trinajstić information content (AvgIpc) is 3.16. The summed E-state index contributed by atoms with van der Waals surface area (Å²) in [6.07, 6.45) is 0. The predicted octanol–water partition coefficient (Wildman–Crippen LogP) is 5.36. The lowest BCUT2D eigenvalue weighted by Gasteiger charge is -2.08. The maximum Gasteiger partial charge on any atom is 0.412 e. The molecule has 0 spiro atoms. The minimum Gasteiger partial charge on any atom is -0.458 e. The van der Waals surface area contributed by atoms with Crippen molar-refractivity contribution in [3.8, 4) is 17.1 Å². The molecule has 5 nitrogen and oxygen atoms in total. The van der Waals surface area contributed by atoms with Crippen LogP contribution in [0.15, 0.2) is 78.9 Å². The predicted molar refractivity (Wildman–Crippen MR) is 121 cm³/mol. The van der Waals surface area contributed by atoms with Crippen LogP contribution in [0.5, 0.6) is 0 Å². The molecular formula is C24H20Cl2N3O2+. The summed E-state index contributed by atoms with van der Waals surface area (Å²) < 4.78 is 8.89. The maximum atomic E-state index is 12.8. The zero-order valence-electron chi connectivity index (χ0n) is 16.8. The van der Waals surface area contributed by atoms with Gasteiger partial charge in [-0.05, 0) is 43.3 Å². The number of benzene rings is 3. The van der Waals surface area contributed by atoms with Crippen LogP contribution < -0.4 is 4.57 Å². The molecular weight excluding hydrogens is 433 g/mol. The maximum absolute atomic E-state index is 12.8. The Morgan fingerprint density at radius 2 is 1.68 bits per heavy atom. The Bertz CT molecular complexity index is 1210. The van der Waals surface area contributed by atoms with Gasteiger partial charge in [0.2, 0.25) is 0 Å². The number of halogens is 2. The highest BCUT2D eigenvalue weighted by molar-refractivity contribution is 6.35. The van der Waals surface area contributed by atoms with Crippen molar-refractivity contribution >= 4 is 29.2 Å². The van der Waals surface area contributed by atoms with Gasteiger partial charge in [0.15, 0.2) is 0 Å². The van der Waals surface area contributed by atoms with Crippen LogP contribution in [-0.4, -0.2) is 22.4 Å². The number of ether oxygens (including phenoxy) is 1. The Kier molecular flexibility index (Phi) is 6.35. The van der Waals surface area contributed by atoms with Gasteiger partial charge < -0.3 is 4.74 Å². The fourth-order valence-electron chi connectivity index (χ4n) is 3.34. The second-order valence-corrected chi connectivity index (χ2v) is 7.65. The minimum atomic E-state index is -0.501. The minimum absolute atomic E-state index is 0.190. The van der Waals surface area contributed by atoms with Gasteiger partial charge in [-0.3, -0.25) is 0 Å². The number of carbonyl (C=O) groups excluding carboxylic acids is 1. The van der Waals surface area contributed by atoms with Gasteiger partial charge in [0.1, 0.15) is 5.69 Å². The van der Waals surface area contributed by atoms with E-state index < -0.39 is 5.97 Å². The van der Waals surface area contributed by atoms with Gasteiger partial charge in [-0.2, -0.15) is 0 Å². The van der Waals surface area contributed by atoms with E-state index in [2.05, 4.69) is 5.10 Å². The summed E-state index contributed by atoms with van der Waals surface area (Å²) in [4.78, 5) is 12.8. The summed E-state index contributed by atoms with van der Waals surface area (Å²) in [5.74, 6) is 0.427. The smallest absolute Gasteiger partial charge is 0.412 e. The largest absolute Gasteiger partial charge is 0.458 e. The average molecular weight is 453 g/mol. The Morgan fingerprint density at radius 3 is 2.32 bits per heavy atom. The van der Waals surface area contributed by atoms with E-state index in [4.69, 9.17) is 27.9 Å². The lowest BCUT2D eigenvalue weighted by atomic mass is 10.1. The molecule has 7 heteroatoms. The molecule has 156 valence electrons. The first-order valence-corrected chi connectivity index (χ1v) is 10.6. The molecule has 0 amide bonds. The molecule has 3 aromatic carbocycles. The van der Waals surface area contributed by atoms with Crippen LogP contribution >= 0.6 is 23.2 Å². The number of rotatable bonds is 6. The van der Waals surface area contributed by atoms with Crippen LogP contribution in [0, 0.1) is 0 Å². The Labute approximate surface area is 190 Å². The van der Waals surface area contributed by atoms with Crippen LogP contribution in [0.2, 0.25) is 10.0 Å². The zero-order valence-corrected chi connectivity index (χ0v) is 18.3. The fraction of sp³-hybridized carbons (Fsp3) is 0.125. The van der Waals surface area contributed by atoms with E-state index in [-0.39, 0.29) is 12.4 Å². The summed E-state index contributed by atoms with van der Waals surface area (Å²) in [6.45, 7) is 2.34. The summed E-state index contributed by atoms with van der Waals surface area (Å²) >= 11 is 12.5. The number of esters is 1. The van der Waals surface area contributed by atoms with Gasteiger partial charge in [0.25, 0.3) is 5.82 Å². The SMILES string of the molecule is CCOC(=O)c1nn(-c2ccccc2)c(-c2ccccc2)[n+]1Cc1ccc(Cl)cc1Cl. The second-order valence-electron chi connectivity index (χ2n) is 6.80. The summed E-state index contributed by atoms with van der Waals surface area (Å²) in [6, 6.07) is 24.8. The first-order valence-electron chi connectivity index (χ1n) is 9.83. The van der Waals surface area contributed by atoms with Crippen LogP contribution in [0.1, 0.15) is 23.1 Å². The van der Waals surface area contributed by atoms with E-state index >= 15 is 0 Å². The normalized spacial score (nSPS) is 10.8. The van der Waals surface area contributed by atoms with Crippen molar-refractivity contribution in [2.45, 2.75) is 13.5 Å². The van der Waals surface area contributed by atoms with E-state index in [0.717, 1.165) is 22.6 Å². The Hall–Kier alpha value is -3.15. The molecule has 1 heterocycles. The molecule has 0 bridgehead atoms. The van der Waals surface area contributed by atoms with Crippen LogP contribution in [0.3, 0.4) is 0 Å². The fourth-order valence-corrected chi connectivity index (χ4v) is 3.81. The third-order valence-corrected chi connectivity index (χ3v) is 5.33. The lowest BCUT2D eigenvalue weighted by molar-refractivity contribution is -0.680. The standard InChI is InChI=1S/C24H20Cl2N3O2/c1-2-31-24(30)22-27-29(20-11-7-4-8-12-20)23(17-9-5-3-6-10-17)28(22)16-18-13-14-19(25)15-21(18)26/h3-15H,2,16H2,1H3/q+1. The van der Waals surface area contributed by atoms with Crippen LogP contribution in [0.4, 0.5) is 0 Å². The number of carbonyl (C=O) groups is 1. The topological polar surface area (TPSA) is 48.0 Å². The van der Waals surface area contributed by atoms with Gasteiger partial charge in [-0.1, -0.05) is 70.3 Å². The number of hydrogen-bond donors (Lipinski definition) is 0. The van der Waals surface area contributed by atoms with Crippen molar-refractivity contribution in [2.75, 3.05) is 6.61 Å². The third-order valence-electron chi connectivity index (χ3n) is 4.74. The number of para-hydroxylation sites is 1. The Morgan fingerprint density at radius 1 is 1.00 bits per heavy atom. The molecule has 0 N–H and O–H groups in total. The van der Waals surface area contributed by atoms with E-state index in [1.54, 1.807) is 23.7 Å². The number of aromatic nitrogens is 3. The monoisotopic (exact) mass is 452 g/mol. The van der Waals surface area contributed by atoms with Gasteiger partial charge in [-0.25, -0.2) is 9.36 Å². The molecule has 0 aliphatic rings. The molecule has 0 saturated heterocycles. The number of nitrogens with zero attached hydrogens (tertiary/aromatic N) is 3. The van der Waals surface area contributed by atoms with Crippen molar-refractivity contribution in [3.05, 3.63) is 100 Å². The second kappa shape index (κ2) is 9.33. The lowest BCUT2D eigenvalue weighted by Crippen LogP contribution is -2.42. The van der Waals surface area contributed by atoms with Crippen molar-refractivity contribution in [1.29, 1.82) is 0 Å². The van der Waals surface area contributed by atoms with Crippen LogP contribution in [-0.2, 0) is 11.3 Å². The van der Waals surface area contributed by atoms with Crippen molar-refractivity contribution in [3.63, 3.8) is 0 Å². The molecule has 31 heavy (non-hydrogen) atoms. The summed E-state index contributed by atoms with van der Waals surface area (Å²) in [5.41, 5.74) is 2.54. The van der Waals surface area contributed by atoms with Crippen molar-refractivity contribution < 1.29 is 14.1 Å². The first kappa shape index (κ1) is 21.1. The van der Waals surface area contributed by atoms with Gasteiger partial charge >= 0.3 is 11.8 Å². The molecule has 4 rings (SSSR count). The summed E-state index contributed by atoms with van der Waals surface area (Å²) in [5, 5.41) is 5.72. The van der Waals surface area contributed by atoms with Gasteiger partial charge in [0.05, 0.1) is 23.8 Å². The van der Waals surface area contributed by atoms with E-state index in [0.29, 0.717) is 16.6 Å². The molecule has 0 atom stereocenters. The highest BCUT2D eigenvalue weighted by Crippen LogP contribution is 2.24. The van der Waals surface area contributed by atoms with Crippen molar-refractivity contribution in [2.24, 2.45) is 0 Å². The van der Waals surface area contributed by atoms with Gasteiger partial charge in [0, 0.05) is 15.6 Å². The zero-order chi connectivity index (χ0) is 21.8. The molecule has 0 aliphatic heterocycles. The highest BCUT2D eigenvalue weighted by atomic mass is 35.5. The first-order chi connectivity index (χ1) is 15.1. The number of hydrogen-bond acceptors (Lipinski definition) is 3. The van der Waals surface area contributed by atoms with E-state index in [1.165, 1.54) is 0 Å². The molecule has 0 saturated carbocycles. The molecule has 0 radical (unpaired) electrons. The molecule has 4 aromatic rings. The van der Waals surface area contributed by atoms with Crippen molar-refractivity contribution in [1.82, 2.24) is 9.78 Å². The summed E-state index contributed by atoms with van der Waals surface area (Å²) in [7, 11) is 0. The van der Waals surface area contributed by atoms with E-state index in [9.17, 15) is 4.79 Å². The Balaban J connectivity index is 1.97. The molecule has 0 unspecified atom stereocenters. The molecule has 0 aliphatic carbocycles. The van der Waals surface area contributed by atoms with E-state index in [1.807, 2.05) is 71.3 Å². The van der Waals surface area contributed by atoms with Gasteiger partial charge in [-0.15, -0.1) is 0 Å². The van der Waals surface area contributed by atoms with Crippen LogP contribution in [0.25, 0.3) is 17.1 Å². The quantitative estimate of drug-likeness (QED) is 0.292. The molecule has 1 aromatic heterocycles.